The molecule has 0 saturated carbocycles. The third kappa shape index (κ3) is 5.17. The van der Waals surface area contributed by atoms with Gasteiger partial charge in [-0.2, -0.15) is 0 Å². The lowest BCUT2D eigenvalue weighted by Gasteiger charge is -2.53. The Labute approximate surface area is 180 Å². The molecule has 3 atom stereocenters. The fourth-order valence-corrected chi connectivity index (χ4v) is 5.23. The Morgan fingerprint density at radius 1 is 1.00 bits per heavy atom. The number of nitrogens with one attached hydrogen (secondary N) is 1. The molecule has 0 radical (unpaired) electrons. The summed E-state index contributed by atoms with van der Waals surface area (Å²) in [6.45, 7) is 26.9. The van der Waals surface area contributed by atoms with Crippen molar-refractivity contribution in [2.24, 2.45) is 5.92 Å². The summed E-state index contributed by atoms with van der Waals surface area (Å²) < 4.78 is 5.57. The number of rotatable bonds is 7. The highest BCUT2D eigenvalue weighted by Crippen LogP contribution is 2.30. The quantitative estimate of drug-likeness (QED) is 0.700. The molecule has 5 heteroatoms. The van der Waals surface area contributed by atoms with Crippen LogP contribution in [-0.4, -0.2) is 95.9 Å². The largest absolute Gasteiger partial charge is 0.378 e. The van der Waals surface area contributed by atoms with Crippen LogP contribution in [0.3, 0.4) is 0 Å². The normalized spacial score (nSPS) is 32.0. The lowest BCUT2D eigenvalue weighted by Crippen LogP contribution is -2.67. The highest BCUT2D eigenvalue weighted by Gasteiger charge is 2.42. The van der Waals surface area contributed by atoms with Gasteiger partial charge < -0.3 is 10.1 Å². The standard InChI is InChI=1S/C24H48N4O/c1-9-23(5,6)26-10-11-28(22-16-29-17-22)21(15-26)12-20-14-27(13-19(4)25-20)24(7,8)18(2)3/h18-22,25H,9-17H2,1-8H3. The Hall–Kier alpha value is -0.200. The van der Waals surface area contributed by atoms with Gasteiger partial charge in [-0.1, -0.05) is 20.8 Å². The van der Waals surface area contributed by atoms with Crippen molar-refractivity contribution in [2.75, 3.05) is 45.9 Å². The predicted octanol–water partition coefficient (Wildman–Crippen LogP) is 3.05. The predicted molar refractivity (Wildman–Crippen MR) is 123 cm³/mol. The Balaban J connectivity index is 1.71. The van der Waals surface area contributed by atoms with Gasteiger partial charge in [0.15, 0.2) is 0 Å². The van der Waals surface area contributed by atoms with Crippen LogP contribution >= 0.6 is 0 Å². The van der Waals surface area contributed by atoms with Crippen molar-refractivity contribution < 1.29 is 4.74 Å². The van der Waals surface area contributed by atoms with Gasteiger partial charge in [0.2, 0.25) is 0 Å². The summed E-state index contributed by atoms with van der Waals surface area (Å²) in [7, 11) is 0. The van der Waals surface area contributed by atoms with E-state index in [1.165, 1.54) is 32.5 Å². The number of piperazine rings is 2. The van der Waals surface area contributed by atoms with E-state index < -0.39 is 0 Å². The second-order valence-electron chi connectivity index (χ2n) is 11.4. The zero-order valence-corrected chi connectivity index (χ0v) is 20.5. The first-order valence-electron chi connectivity index (χ1n) is 12.1. The van der Waals surface area contributed by atoms with Crippen LogP contribution < -0.4 is 5.32 Å². The van der Waals surface area contributed by atoms with Crippen molar-refractivity contribution in [3.05, 3.63) is 0 Å². The summed E-state index contributed by atoms with van der Waals surface area (Å²) in [6.07, 6.45) is 2.45. The summed E-state index contributed by atoms with van der Waals surface area (Å²) in [6, 6.07) is 2.38. The van der Waals surface area contributed by atoms with Crippen LogP contribution in [0.25, 0.3) is 0 Å². The fourth-order valence-electron chi connectivity index (χ4n) is 5.23. The summed E-state index contributed by atoms with van der Waals surface area (Å²) in [4.78, 5) is 8.28. The van der Waals surface area contributed by atoms with Crippen molar-refractivity contribution in [2.45, 2.75) is 103 Å². The molecule has 1 N–H and O–H groups in total. The highest BCUT2D eigenvalue weighted by molar-refractivity contribution is 4.99. The van der Waals surface area contributed by atoms with Crippen LogP contribution in [0.4, 0.5) is 0 Å². The summed E-state index contributed by atoms with van der Waals surface area (Å²) >= 11 is 0. The highest BCUT2D eigenvalue weighted by atomic mass is 16.5. The lowest BCUT2D eigenvalue weighted by atomic mass is 9.86. The van der Waals surface area contributed by atoms with E-state index in [4.69, 9.17) is 4.74 Å². The Kier molecular flexibility index (Phi) is 7.38. The third-order valence-corrected chi connectivity index (χ3v) is 8.58. The Morgan fingerprint density at radius 3 is 2.24 bits per heavy atom. The summed E-state index contributed by atoms with van der Waals surface area (Å²) in [5.41, 5.74) is 0.540. The molecule has 0 spiro atoms. The average Bonchev–Trinajstić information content (AvgIpc) is 2.61. The van der Waals surface area contributed by atoms with E-state index in [1.54, 1.807) is 0 Å². The molecule has 0 bridgehead atoms. The van der Waals surface area contributed by atoms with Gasteiger partial charge in [-0.3, -0.25) is 14.7 Å². The molecule has 0 aromatic carbocycles. The first kappa shape index (κ1) is 23.5. The molecule has 29 heavy (non-hydrogen) atoms. The first-order valence-corrected chi connectivity index (χ1v) is 12.1. The van der Waals surface area contributed by atoms with Crippen molar-refractivity contribution in [3.8, 4) is 0 Å². The zero-order chi connectivity index (χ0) is 21.4. The Morgan fingerprint density at radius 2 is 1.69 bits per heavy atom. The molecular weight excluding hydrogens is 360 g/mol. The third-order valence-electron chi connectivity index (χ3n) is 8.58. The topological polar surface area (TPSA) is 31.0 Å². The summed E-state index contributed by atoms with van der Waals surface area (Å²) in [5, 5.41) is 3.95. The number of nitrogens with zero attached hydrogens (tertiary/aromatic N) is 3. The van der Waals surface area contributed by atoms with E-state index in [1.807, 2.05) is 0 Å². The van der Waals surface area contributed by atoms with Gasteiger partial charge in [-0.05, 0) is 53.4 Å². The van der Waals surface area contributed by atoms with Crippen molar-refractivity contribution in [1.29, 1.82) is 0 Å². The minimum Gasteiger partial charge on any atom is -0.378 e. The molecule has 3 heterocycles. The van der Waals surface area contributed by atoms with Gasteiger partial charge in [-0.25, -0.2) is 0 Å². The van der Waals surface area contributed by atoms with E-state index in [9.17, 15) is 0 Å². The zero-order valence-electron chi connectivity index (χ0n) is 20.5. The first-order chi connectivity index (χ1) is 13.5. The van der Waals surface area contributed by atoms with Crippen LogP contribution in [0.2, 0.25) is 0 Å². The van der Waals surface area contributed by atoms with Crippen molar-refractivity contribution in [1.82, 2.24) is 20.0 Å². The second kappa shape index (κ2) is 9.12. The molecule has 3 saturated heterocycles. The molecule has 0 aromatic rings. The molecule has 3 unspecified atom stereocenters. The maximum absolute atomic E-state index is 5.57. The maximum Gasteiger partial charge on any atom is 0.0645 e. The monoisotopic (exact) mass is 408 g/mol. The lowest BCUT2D eigenvalue weighted by molar-refractivity contribution is -0.109. The number of hydrogen-bond acceptors (Lipinski definition) is 5. The SMILES string of the molecule is CCC(C)(C)N1CCN(C2COC2)C(CC2CN(C(C)(C)C(C)C)CC(C)N2)C1. The Bertz CT molecular complexity index is 531. The van der Waals surface area contributed by atoms with E-state index in [2.05, 4.69) is 75.4 Å². The van der Waals surface area contributed by atoms with Crippen LogP contribution in [0.5, 0.6) is 0 Å². The van der Waals surface area contributed by atoms with Gasteiger partial charge >= 0.3 is 0 Å². The molecule has 170 valence electrons. The molecule has 3 aliphatic heterocycles. The van der Waals surface area contributed by atoms with E-state index >= 15 is 0 Å². The second-order valence-corrected chi connectivity index (χ2v) is 11.4. The van der Waals surface area contributed by atoms with Crippen molar-refractivity contribution in [3.63, 3.8) is 0 Å². The molecule has 3 aliphatic rings. The van der Waals surface area contributed by atoms with E-state index in [-0.39, 0.29) is 5.54 Å². The molecule has 0 aliphatic carbocycles. The van der Waals surface area contributed by atoms with Crippen LogP contribution in [-0.2, 0) is 4.74 Å². The minimum absolute atomic E-state index is 0.249. The number of ether oxygens (including phenoxy) is 1. The average molecular weight is 409 g/mol. The van der Waals surface area contributed by atoms with Gasteiger partial charge in [0.05, 0.1) is 19.3 Å². The van der Waals surface area contributed by atoms with Gasteiger partial charge in [0, 0.05) is 61.9 Å². The maximum atomic E-state index is 5.57. The van der Waals surface area contributed by atoms with Gasteiger partial charge in [0.1, 0.15) is 0 Å². The van der Waals surface area contributed by atoms with Crippen molar-refractivity contribution >= 4 is 0 Å². The smallest absolute Gasteiger partial charge is 0.0645 e. The van der Waals surface area contributed by atoms with Crippen LogP contribution in [0.15, 0.2) is 0 Å². The fraction of sp³-hybridized carbons (Fsp3) is 1.00. The molecule has 5 nitrogen and oxygen atoms in total. The summed E-state index contributed by atoms with van der Waals surface area (Å²) in [5.74, 6) is 0.660. The molecule has 3 fully saturated rings. The molecular formula is C24H48N4O. The number of hydrogen-bond donors (Lipinski definition) is 1. The van der Waals surface area contributed by atoms with Gasteiger partial charge in [0.25, 0.3) is 0 Å². The molecule has 3 rings (SSSR count). The molecule has 0 amide bonds. The van der Waals surface area contributed by atoms with Crippen LogP contribution in [0.1, 0.15) is 68.2 Å². The minimum atomic E-state index is 0.249. The van der Waals surface area contributed by atoms with Gasteiger partial charge in [-0.15, -0.1) is 0 Å². The van der Waals surface area contributed by atoms with E-state index in [0.29, 0.717) is 35.6 Å². The molecule has 0 aromatic heterocycles. The van der Waals surface area contributed by atoms with Crippen LogP contribution in [0, 0.1) is 5.92 Å². The van der Waals surface area contributed by atoms with E-state index in [0.717, 1.165) is 26.3 Å².